The maximum atomic E-state index is 12.9. The molecule has 0 atom stereocenters. The van der Waals surface area contributed by atoms with Gasteiger partial charge >= 0.3 is 0 Å². The molecular formula is C22H22Cl2N2O2S2. The highest BCUT2D eigenvalue weighted by Gasteiger charge is 2.33. The Bertz CT molecular complexity index is 960. The molecule has 1 heterocycles. The standard InChI is InChI=1S/C22H22Cl2N2O2S2/c1-3-25(4-2)11-12-28-17-8-6-16(7-9-17)26-21(27)20(30-22(26)29)14-15-5-10-18(23)19(24)13-15/h5-10,13-14H,3-4,11-12H2,1-2H3. The molecule has 8 heteroatoms. The Morgan fingerprint density at radius 3 is 2.43 bits per heavy atom. The highest BCUT2D eigenvalue weighted by Crippen LogP contribution is 2.37. The molecule has 1 aliphatic heterocycles. The van der Waals surface area contributed by atoms with Gasteiger partial charge in [0.1, 0.15) is 12.4 Å². The number of hydrogen-bond donors (Lipinski definition) is 0. The molecule has 0 aliphatic carbocycles. The Hall–Kier alpha value is -1.57. The summed E-state index contributed by atoms with van der Waals surface area (Å²) in [7, 11) is 0. The molecular weight excluding hydrogens is 459 g/mol. The lowest BCUT2D eigenvalue weighted by atomic mass is 10.2. The molecule has 1 fully saturated rings. The number of rotatable bonds is 8. The number of ether oxygens (including phenoxy) is 1. The molecule has 0 spiro atoms. The molecule has 1 aliphatic rings. The summed E-state index contributed by atoms with van der Waals surface area (Å²) in [4.78, 5) is 17.3. The van der Waals surface area contributed by atoms with Gasteiger partial charge in [0.15, 0.2) is 4.32 Å². The third-order valence-corrected chi connectivity index (χ3v) is 6.74. The third-order valence-electron chi connectivity index (χ3n) is 4.70. The van der Waals surface area contributed by atoms with Gasteiger partial charge in [-0.3, -0.25) is 9.69 Å². The van der Waals surface area contributed by atoms with E-state index < -0.39 is 0 Å². The van der Waals surface area contributed by atoms with Crippen LogP contribution >= 0.6 is 47.2 Å². The van der Waals surface area contributed by atoms with Crippen LogP contribution in [0.2, 0.25) is 10.0 Å². The van der Waals surface area contributed by atoms with Crippen molar-refractivity contribution in [2.45, 2.75) is 13.8 Å². The average Bonchev–Trinajstić information content (AvgIpc) is 3.01. The summed E-state index contributed by atoms with van der Waals surface area (Å²) in [6.45, 7) is 7.77. The normalized spacial score (nSPS) is 15.5. The summed E-state index contributed by atoms with van der Waals surface area (Å²) < 4.78 is 6.30. The first kappa shape index (κ1) is 23.1. The van der Waals surface area contributed by atoms with E-state index in [0.717, 1.165) is 30.9 Å². The minimum absolute atomic E-state index is 0.161. The van der Waals surface area contributed by atoms with Crippen molar-refractivity contribution in [3.63, 3.8) is 0 Å². The van der Waals surface area contributed by atoms with Gasteiger partial charge < -0.3 is 9.64 Å². The molecule has 158 valence electrons. The van der Waals surface area contributed by atoms with Crippen LogP contribution in [0.15, 0.2) is 47.4 Å². The van der Waals surface area contributed by atoms with E-state index in [4.69, 9.17) is 40.2 Å². The summed E-state index contributed by atoms with van der Waals surface area (Å²) in [5.74, 6) is 0.606. The van der Waals surface area contributed by atoms with Crippen molar-refractivity contribution in [1.29, 1.82) is 0 Å². The largest absolute Gasteiger partial charge is 0.492 e. The molecule has 4 nitrogen and oxygen atoms in total. The molecule has 3 rings (SSSR count). The maximum absolute atomic E-state index is 12.9. The summed E-state index contributed by atoms with van der Waals surface area (Å²) >= 11 is 18.7. The summed E-state index contributed by atoms with van der Waals surface area (Å²) in [5.41, 5.74) is 1.51. The minimum atomic E-state index is -0.161. The monoisotopic (exact) mass is 480 g/mol. The number of likely N-dealkylation sites (N-methyl/N-ethyl adjacent to an activating group) is 1. The first-order chi connectivity index (χ1) is 14.4. The minimum Gasteiger partial charge on any atom is -0.492 e. The van der Waals surface area contributed by atoms with E-state index in [1.165, 1.54) is 16.7 Å². The number of nitrogens with zero attached hydrogens (tertiary/aromatic N) is 2. The van der Waals surface area contributed by atoms with Gasteiger partial charge in [-0.05, 0) is 61.1 Å². The highest BCUT2D eigenvalue weighted by molar-refractivity contribution is 8.27. The number of benzene rings is 2. The first-order valence-electron chi connectivity index (χ1n) is 9.61. The van der Waals surface area contributed by atoms with Crippen LogP contribution in [0.1, 0.15) is 19.4 Å². The van der Waals surface area contributed by atoms with E-state index in [1.54, 1.807) is 18.2 Å². The van der Waals surface area contributed by atoms with Crippen LogP contribution in [0.4, 0.5) is 5.69 Å². The van der Waals surface area contributed by atoms with Crippen LogP contribution in [0, 0.1) is 0 Å². The number of carbonyl (C=O) groups is 1. The Labute approximate surface area is 196 Å². The molecule has 1 amide bonds. The van der Waals surface area contributed by atoms with Crippen LogP contribution in [-0.4, -0.2) is 41.4 Å². The number of thioether (sulfide) groups is 1. The molecule has 0 saturated carbocycles. The lowest BCUT2D eigenvalue weighted by Gasteiger charge is -2.18. The van der Waals surface area contributed by atoms with E-state index in [-0.39, 0.29) is 5.91 Å². The summed E-state index contributed by atoms with van der Waals surface area (Å²) in [6.07, 6.45) is 1.77. The second kappa shape index (κ2) is 10.6. The van der Waals surface area contributed by atoms with Crippen molar-refractivity contribution in [3.05, 3.63) is 63.0 Å². The molecule has 0 aromatic heterocycles. The number of hydrogen-bond acceptors (Lipinski definition) is 5. The van der Waals surface area contributed by atoms with Gasteiger partial charge in [0.25, 0.3) is 5.91 Å². The quantitative estimate of drug-likeness (QED) is 0.335. The van der Waals surface area contributed by atoms with E-state index >= 15 is 0 Å². The fraction of sp³-hybridized carbons (Fsp3) is 0.273. The Morgan fingerprint density at radius 2 is 1.80 bits per heavy atom. The third kappa shape index (κ3) is 5.56. The fourth-order valence-electron chi connectivity index (χ4n) is 2.97. The Morgan fingerprint density at radius 1 is 1.10 bits per heavy atom. The van der Waals surface area contributed by atoms with Crippen molar-refractivity contribution >= 4 is 69.2 Å². The molecule has 30 heavy (non-hydrogen) atoms. The van der Waals surface area contributed by atoms with Crippen LogP contribution in [0.3, 0.4) is 0 Å². The van der Waals surface area contributed by atoms with Gasteiger partial charge in [0, 0.05) is 6.54 Å². The molecule has 0 N–H and O–H groups in total. The van der Waals surface area contributed by atoms with Crippen LogP contribution in [0.25, 0.3) is 6.08 Å². The predicted molar refractivity (Wildman–Crippen MR) is 132 cm³/mol. The predicted octanol–water partition coefficient (Wildman–Crippen LogP) is 6.12. The van der Waals surface area contributed by atoms with Gasteiger partial charge in [0.2, 0.25) is 0 Å². The van der Waals surface area contributed by atoms with Gasteiger partial charge in [-0.25, -0.2) is 0 Å². The lowest BCUT2D eigenvalue weighted by molar-refractivity contribution is -0.113. The van der Waals surface area contributed by atoms with Crippen LogP contribution in [-0.2, 0) is 4.79 Å². The van der Waals surface area contributed by atoms with Gasteiger partial charge in [-0.2, -0.15) is 0 Å². The first-order valence-corrected chi connectivity index (χ1v) is 11.6. The number of thiocarbonyl (C=S) groups is 1. The Kier molecular flexibility index (Phi) is 8.20. The van der Waals surface area contributed by atoms with Crippen LogP contribution in [0.5, 0.6) is 5.75 Å². The lowest BCUT2D eigenvalue weighted by Crippen LogP contribution is -2.28. The number of anilines is 1. The van der Waals surface area contributed by atoms with Crippen molar-refractivity contribution < 1.29 is 9.53 Å². The zero-order chi connectivity index (χ0) is 21.7. The van der Waals surface area contributed by atoms with Gasteiger partial charge in [-0.1, -0.05) is 67.1 Å². The zero-order valence-electron chi connectivity index (χ0n) is 16.7. The number of carbonyl (C=O) groups excluding carboxylic acids is 1. The van der Waals surface area contributed by atoms with E-state index in [9.17, 15) is 4.79 Å². The van der Waals surface area contributed by atoms with E-state index in [2.05, 4.69) is 18.7 Å². The van der Waals surface area contributed by atoms with Crippen LogP contribution < -0.4 is 9.64 Å². The molecule has 1 saturated heterocycles. The topological polar surface area (TPSA) is 32.8 Å². The van der Waals surface area contributed by atoms with Crippen molar-refractivity contribution in [3.8, 4) is 5.75 Å². The zero-order valence-corrected chi connectivity index (χ0v) is 19.9. The van der Waals surface area contributed by atoms with Gasteiger partial charge in [0.05, 0.1) is 20.6 Å². The molecule has 2 aromatic carbocycles. The van der Waals surface area contributed by atoms with E-state index in [1.807, 2.05) is 30.3 Å². The van der Waals surface area contributed by atoms with Crippen molar-refractivity contribution in [2.75, 3.05) is 31.1 Å². The van der Waals surface area contributed by atoms with E-state index in [0.29, 0.717) is 31.6 Å². The Balaban J connectivity index is 1.68. The van der Waals surface area contributed by atoms with Gasteiger partial charge in [-0.15, -0.1) is 0 Å². The summed E-state index contributed by atoms with van der Waals surface area (Å²) in [6, 6.07) is 12.7. The number of amides is 1. The smallest absolute Gasteiger partial charge is 0.270 e. The molecule has 0 unspecified atom stereocenters. The van der Waals surface area contributed by atoms with Crippen molar-refractivity contribution in [2.24, 2.45) is 0 Å². The molecule has 0 bridgehead atoms. The van der Waals surface area contributed by atoms with Crippen molar-refractivity contribution in [1.82, 2.24) is 4.90 Å². The SMILES string of the molecule is CCN(CC)CCOc1ccc(N2C(=O)C(=Cc3ccc(Cl)c(Cl)c3)SC2=S)cc1. The fourth-order valence-corrected chi connectivity index (χ4v) is 4.57. The molecule has 0 radical (unpaired) electrons. The second-order valence-corrected chi connectivity index (χ2v) is 9.05. The number of halogens is 2. The maximum Gasteiger partial charge on any atom is 0.270 e. The molecule has 2 aromatic rings. The average molecular weight is 481 g/mol. The highest BCUT2D eigenvalue weighted by atomic mass is 35.5. The summed E-state index contributed by atoms with van der Waals surface area (Å²) in [5, 5.41) is 0.915. The second-order valence-electron chi connectivity index (χ2n) is 6.56.